The number of nitrogens with zero attached hydrogens (tertiary/aromatic N) is 4. The second-order valence-corrected chi connectivity index (χ2v) is 8.05. The highest BCUT2D eigenvalue weighted by Gasteiger charge is 2.30. The number of ether oxygens (including phenoxy) is 1. The number of piperazine rings is 1. The predicted octanol–water partition coefficient (Wildman–Crippen LogP) is 1.80. The first-order valence-corrected chi connectivity index (χ1v) is 10.9. The van der Waals surface area contributed by atoms with E-state index < -0.39 is 0 Å². The number of aliphatic imine (C=N–C) groups is 1. The molecule has 2 aliphatic rings. The minimum atomic E-state index is -0.307. The molecule has 2 atom stereocenters. The van der Waals surface area contributed by atoms with Gasteiger partial charge in [0.25, 0.3) is 0 Å². The van der Waals surface area contributed by atoms with Gasteiger partial charge in [-0.25, -0.2) is 4.39 Å². The number of hydrogen-bond donors (Lipinski definition) is 1. The number of rotatable bonds is 6. The van der Waals surface area contributed by atoms with E-state index in [1.807, 2.05) is 18.7 Å². The molecule has 0 bridgehead atoms. The van der Waals surface area contributed by atoms with Crippen LogP contribution in [-0.4, -0.2) is 91.6 Å². The van der Waals surface area contributed by atoms with Crippen molar-refractivity contribution in [3.8, 4) is 5.75 Å². The standard InChI is InChI=1S/C22H34FN5O2/c1-17(30-20-8-6-7-19(23)15-20)16-25-22(24-3)28-13-11-26(12-14-28)18(2)21(29)27-9-4-5-10-27/h6-8,15,17-18H,4-5,9-14,16H2,1-3H3,(H,24,25). The lowest BCUT2D eigenvalue weighted by atomic mass is 10.2. The Morgan fingerprint density at radius 1 is 1.13 bits per heavy atom. The fourth-order valence-corrected chi connectivity index (χ4v) is 4.06. The number of carbonyl (C=O) groups excluding carboxylic acids is 1. The van der Waals surface area contributed by atoms with Gasteiger partial charge in [0.15, 0.2) is 5.96 Å². The zero-order valence-electron chi connectivity index (χ0n) is 18.3. The fraction of sp³-hybridized carbons (Fsp3) is 0.636. The highest BCUT2D eigenvalue weighted by Crippen LogP contribution is 2.15. The van der Waals surface area contributed by atoms with E-state index in [1.165, 1.54) is 12.1 Å². The van der Waals surface area contributed by atoms with Crippen molar-refractivity contribution in [3.63, 3.8) is 0 Å². The summed E-state index contributed by atoms with van der Waals surface area (Å²) in [6, 6.07) is 6.10. The van der Waals surface area contributed by atoms with E-state index in [1.54, 1.807) is 19.2 Å². The zero-order chi connectivity index (χ0) is 21.5. The van der Waals surface area contributed by atoms with Crippen LogP contribution in [0.15, 0.2) is 29.3 Å². The van der Waals surface area contributed by atoms with E-state index >= 15 is 0 Å². The van der Waals surface area contributed by atoms with Gasteiger partial charge in [0, 0.05) is 52.4 Å². The number of carbonyl (C=O) groups is 1. The van der Waals surface area contributed by atoms with E-state index in [2.05, 4.69) is 20.1 Å². The number of halogens is 1. The van der Waals surface area contributed by atoms with E-state index in [0.29, 0.717) is 12.3 Å². The topological polar surface area (TPSA) is 60.4 Å². The van der Waals surface area contributed by atoms with Gasteiger partial charge in [-0.2, -0.15) is 0 Å². The lowest BCUT2D eigenvalue weighted by Gasteiger charge is -2.39. The molecule has 1 amide bonds. The number of nitrogens with one attached hydrogen (secondary N) is 1. The molecule has 166 valence electrons. The molecule has 0 saturated carbocycles. The van der Waals surface area contributed by atoms with Gasteiger partial charge in [0.1, 0.15) is 17.7 Å². The van der Waals surface area contributed by atoms with Crippen LogP contribution in [0, 0.1) is 5.82 Å². The summed E-state index contributed by atoms with van der Waals surface area (Å²) in [6.45, 7) is 9.61. The van der Waals surface area contributed by atoms with Crippen molar-refractivity contribution in [2.75, 3.05) is 52.9 Å². The lowest BCUT2D eigenvalue weighted by Crippen LogP contribution is -2.57. The predicted molar refractivity (Wildman–Crippen MR) is 116 cm³/mol. The van der Waals surface area contributed by atoms with Crippen LogP contribution in [-0.2, 0) is 4.79 Å². The zero-order valence-corrected chi connectivity index (χ0v) is 18.3. The van der Waals surface area contributed by atoms with Gasteiger partial charge < -0.3 is 19.9 Å². The van der Waals surface area contributed by atoms with Crippen molar-refractivity contribution in [2.45, 2.75) is 38.8 Å². The molecule has 8 heteroatoms. The van der Waals surface area contributed by atoms with E-state index in [4.69, 9.17) is 4.74 Å². The van der Waals surface area contributed by atoms with Crippen molar-refractivity contribution in [1.82, 2.24) is 20.0 Å². The molecular weight excluding hydrogens is 385 g/mol. The van der Waals surface area contributed by atoms with Crippen LogP contribution in [0.5, 0.6) is 5.75 Å². The highest BCUT2D eigenvalue weighted by molar-refractivity contribution is 5.82. The molecule has 7 nitrogen and oxygen atoms in total. The highest BCUT2D eigenvalue weighted by atomic mass is 19.1. The first-order valence-electron chi connectivity index (χ1n) is 10.9. The summed E-state index contributed by atoms with van der Waals surface area (Å²) in [5.41, 5.74) is 0. The Hall–Kier alpha value is -2.35. The third-order valence-electron chi connectivity index (χ3n) is 5.83. The van der Waals surface area contributed by atoms with Crippen molar-refractivity contribution >= 4 is 11.9 Å². The van der Waals surface area contributed by atoms with Crippen molar-refractivity contribution in [1.29, 1.82) is 0 Å². The van der Waals surface area contributed by atoms with Crippen LogP contribution >= 0.6 is 0 Å². The normalized spacial score (nSPS) is 20.2. The van der Waals surface area contributed by atoms with Gasteiger partial charge >= 0.3 is 0 Å². The molecule has 0 aromatic heterocycles. The Kier molecular flexibility index (Phi) is 7.90. The average molecular weight is 420 g/mol. The second-order valence-electron chi connectivity index (χ2n) is 8.05. The van der Waals surface area contributed by atoms with Crippen molar-refractivity contribution < 1.29 is 13.9 Å². The summed E-state index contributed by atoms with van der Waals surface area (Å²) in [4.78, 5) is 23.5. The first-order chi connectivity index (χ1) is 14.5. The molecule has 3 rings (SSSR count). The maximum absolute atomic E-state index is 13.3. The van der Waals surface area contributed by atoms with Gasteiger partial charge in [-0.1, -0.05) is 6.07 Å². The summed E-state index contributed by atoms with van der Waals surface area (Å²) >= 11 is 0. The number of hydrogen-bond acceptors (Lipinski definition) is 4. The summed E-state index contributed by atoms with van der Waals surface area (Å²) < 4.78 is 19.1. The Bertz CT molecular complexity index is 730. The fourth-order valence-electron chi connectivity index (χ4n) is 4.06. The molecule has 1 aromatic rings. The summed E-state index contributed by atoms with van der Waals surface area (Å²) in [5.74, 6) is 1.29. The molecule has 30 heavy (non-hydrogen) atoms. The maximum Gasteiger partial charge on any atom is 0.239 e. The second kappa shape index (κ2) is 10.6. The number of amides is 1. The van der Waals surface area contributed by atoms with Gasteiger partial charge in [0.2, 0.25) is 5.91 Å². The van der Waals surface area contributed by atoms with E-state index in [9.17, 15) is 9.18 Å². The van der Waals surface area contributed by atoms with Crippen LogP contribution in [0.1, 0.15) is 26.7 Å². The minimum absolute atomic E-state index is 0.0695. The van der Waals surface area contributed by atoms with Crippen LogP contribution in [0.4, 0.5) is 4.39 Å². The van der Waals surface area contributed by atoms with Crippen LogP contribution in [0.3, 0.4) is 0 Å². The molecule has 2 saturated heterocycles. The quantitative estimate of drug-likeness (QED) is 0.563. The molecule has 1 N–H and O–H groups in total. The van der Waals surface area contributed by atoms with Gasteiger partial charge in [-0.15, -0.1) is 0 Å². The Morgan fingerprint density at radius 3 is 2.47 bits per heavy atom. The molecule has 0 aliphatic carbocycles. The molecule has 2 unspecified atom stereocenters. The Balaban J connectivity index is 1.43. The molecule has 0 spiro atoms. The van der Waals surface area contributed by atoms with Crippen LogP contribution in [0.2, 0.25) is 0 Å². The number of benzene rings is 1. The summed E-state index contributed by atoms with van der Waals surface area (Å²) in [5, 5.41) is 3.35. The Morgan fingerprint density at radius 2 is 1.83 bits per heavy atom. The average Bonchev–Trinajstić information content (AvgIpc) is 3.28. The van der Waals surface area contributed by atoms with Crippen molar-refractivity contribution in [2.24, 2.45) is 4.99 Å². The van der Waals surface area contributed by atoms with Gasteiger partial charge in [-0.05, 0) is 38.8 Å². The van der Waals surface area contributed by atoms with Crippen molar-refractivity contribution in [3.05, 3.63) is 30.1 Å². The van der Waals surface area contributed by atoms with Gasteiger partial charge in [0.05, 0.1) is 12.6 Å². The monoisotopic (exact) mass is 419 g/mol. The Labute approximate surface area is 178 Å². The largest absolute Gasteiger partial charge is 0.489 e. The molecule has 2 fully saturated rings. The van der Waals surface area contributed by atoms with Crippen LogP contribution < -0.4 is 10.1 Å². The lowest BCUT2D eigenvalue weighted by molar-refractivity contribution is -0.135. The number of guanidine groups is 1. The molecular formula is C22H34FN5O2. The van der Waals surface area contributed by atoms with Gasteiger partial charge in [-0.3, -0.25) is 14.7 Å². The molecule has 2 aliphatic heterocycles. The molecule has 0 radical (unpaired) electrons. The smallest absolute Gasteiger partial charge is 0.239 e. The number of likely N-dealkylation sites (tertiary alicyclic amines) is 1. The summed E-state index contributed by atoms with van der Waals surface area (Å²) in [6.07, 6.45) is 2.11. The first kappa shape index (κ1) is 22.3. The molecule has 1 aromatic carbocycles. The van der Waals surface area contributed by atoms with E-state index in [0.717, 1.165) is 58.1 Å². The minimum Gasteiger partial charge on any atom is -0.489 e. The third-order valence-corrected chi connectivity index (χ3v) is 5.83. The van der Waals surface area contributed by atoms with E-state index in [-0.39, 0.29) is 23.9 Å². The maximum atomic E-state index is 13.3. The van der Waals surface area contributed by atoms with Crippen LogP contribution in [0.25, 0.3) is 0 Å². The molecule has 2 heterocycles. The third kappa shape index (κ3) is 5.84. The summed E-state index contributed by atoms with van der Waals surface area (Å²) in [7, 11) is 1.77. The SMILES string of the molecule is CN=C(NCC(C)Oc1cccc(F)c1)N1CCN(C(C)C(=O)N2CCCC2)CC1.